The van der Waals surface area contributed by atoms with Crippen molar-refractivity contribution in [3.8, 4) is 0 Å². The number of benzene rings is 1. The van der Waals surface area contributed by atoms with Crippen LogP contribution in [0.4, 0.5) is 5.69 Å². The molecule has 0 aliphatic heterocycles. The highest BCUT2D eigenvalue weighted by atomic mass is 32.1. The van der Waals surface area contributed by atoms with Crippen LogP contribution in [0, 0.1) is 0 Å². The molecule has 2 aromatic rings. The molecular weight excluding hydrogens is 386 g/mol. The summed E-state index contributed by atoms with van der Waals surface area (Å²) in [6.07, 6.45) is 10.0. The van der Waals surface area contributed by atoms with Crippen molar-refractivity contribution in [1.82, 2.24) is 10.2 Å². The van der Waals surface area contributed by atoms with E-state index in [2.05, 4.69) is 10.6 Å². The monoisotopic (exact) mass is 411 g/mol. The van der Waals surface area contributed by atoms with Gasteiger partial charge >= 0.3 is 0 Å². The van der Waals surface area contributed by atoms with Crippen molar-refractivity contribution >= 4 is 40.9 Å². The second-order valence-electron chi connectivity index (χ2n) is 7.05. The Morgan fingerprint density at radius 1 is 1.14 bits per heavy atom. The van der Waals surface area contributed by atoms with Crippen LogP contribution in [0.15, 0.2) is 53.2 Å². The molecule has 1 aliphatic rings. The van der Waals surface area contributed by atoms with Crippen LogP contribution >= 0.6 is 12.2 Å². The summed E-state index contributed by atoms with van der Waals surface area (Å²) in [6, 6.07) is 10.9. The van der Waals surface area contributed by atoms with Crippen LogP contribution in [0.5, 0.6) is 0 Å². The molecule has 29 heavy (non-hydrogen) atoms. The molecule has 6 nitrogen and oxygen atoms in total. The van der Waals surface area contributed by atoms with Gasteiger partial charge in [0.25, 0.3) is 5.91 Å². The summed E-state index contributed by atoms with van der Waals surface area (Å²) in [5, 5.41) is 5.67. The lowest BCUT2D eigenvalue weighted by molar-refractivity contribution is -0.115. The summed E-state index contributed by atoms with van der Waals surface area (Å²) >= 11 is 5.24. The molecule has 2 N–H and O–H groups in total. The molecule has 1 aliphatic carbocycles. The van der Waals surface area contributed by atoms with Crippen molar-refractivity contribution in [3.05, 3.63) is 60.1 Å². The zero-order chi connectivity index (χ0) is 20.6. The minimum atomic E-state index is -0.387. The fourth-order valence-electron chi connectivity index (χ4n) is 3.45. The minimum absolute atomic E-state index is 0.0492. The van der Waals surface area contributed by atoms with Crippen LogP contribution in [0.3, 0.4) is 0 Å². The van der Waals surface area contributed by atoms with Crippen LogP contribution in [0.1, 0.15) is 48.2 Å². The molecule has 0 atom stereocenters. The Morgan fingerprint density at radius 2 is 1.90 bits per heavy atom. The third-order valence-electron chi connectivity index (χ3n) is 5.03. The predicted octanol–water partition coefficient (Wildman–Crippen LogP) is 4.21. The largest absolute Gasteiger partial charge is 0.465 e. The van der Waals surface area contributed by atoms with Gasteiger partial charge in [0.15, 0.2) is 5.11 Å². The molecule has 1 aromatic carbocycles. The standard InChI is InChI=1S/C22H25N3O3S/c1-25(16-8-3-2-4-9-16)21(27)18-11-5-6-12-19(18)23-22(29)24-20(26)14-13-17-10-7-15-28-17/h5-7,10-16H,2-4,8-9H2,1H3,(H2,23,24,26,29). The number of carbonyl (C=O) groups excluding carboxylic acids is 2. The highest BCUT2D eigenvalue weighted by Gasteiger charge is 2.24. The van der Waals surface area contributed by atoms with Gasteiger partial charge in [-0.3, -0.25) is 14.9 Å². The number of hydrogen-bond acceptors (Lipinski definition) is 4. The van der Waals surface area contributed by atoms with Crippen LogP contribution in [0.2, 0.25) is 0 Å². The Bertz CT molecular complexity index is 886. The first-order valence-electron chi connectivity index (χ1n) is 9.74. The number of para-hydroxylation sites is 1. The third kappa shape index (κ3) is 5.77. The zero-order valence-electron chi connectivity index (χ0n) is 16.4. The second-order valence-corrected chi connectivity index (χ2v) is 7.45. The van der Waals surface area contributed by atoms with Gasteiger partial charge in [-0.2, -0.15) is 0 Å². The van der Waals surface area contributed by atoms with E-state index in [1.165, 1.54) is 18.8 Å². The summed E-state index contributed by atoms with van der Waals surface area (Å²) in [4.78, 5) is 26.9. The first-order valence-corrected chi connectivity index (χ1v) is 10.1. The Balaban J connectivity index is 1.62. The molecule has 0 unspecified atom stereocenters. The van der Waals surface area contributed by atoms with E-state index in [4.69, 9.17) is 16.6 Å². The van der Waals surface area contributed by atoms with Crippen LogP contribution in [-0.4, -0.2) is 34.9 Å². The van der Waals surface area contributed by atoms with E-state index in [0.717, 1.165) is 25.7 Å². The van der Waals surface area contributed by atoms with Crippen LogP contribution in [-0.2, 0) is 4.79 Å². The number of nitrogens with one attached hydrogen (secondary N) is 2. The van der Waals surface area contributed by atoms with Gasteiger partial charge in [-0.25, -0.2) is 0 Å². The first-order chi connectivity index (χ1) is 14.0. The van der Waals surface area contributed by atoms with E-state index in [0.29, 0.717) is 17.0 Å². The zero-order valence-corrected chi connectivity index (χ0v) is 17.2. The average molecular weight is 412 g/mol. The summed E-state index contributed by atoms with van der Waals surface area (Å²) in [7, 11) is 1.86. The number of thiocarbonyl (C=S) groups is 1. The maximum absolute atomic E-state index is 13.0. The molecule has 1 heterocycles. The molecule has 1 aromatic heterocycles. The van der Waals surface area contributed by atoms with Gasteiger partial charge < -0.3 is 14.6 Å². The lowest BCUT2D eigenvalue weighted by atomic mass is 9.94. The van der Waals surface area contributed by atoms with Gasteiger partial charge in [-0.05, 0) is 55.4 Å². The number of nitrogens with zero attached hydrogens (tertiary/aromatic N) is 1. The molecule has 2 amide bonds. The smallest absolute Gasteiger partial charge is 0.255 e. The van der Waals surface area contributed by atoms with E-state index >= 15 is 0 Å². The van der Waals surface area contributed by atoms with Crippen molar-refractivity contribution < 1.29 is 14.0 Å². The molecule has 152 valence electrons. The van der Waals surface area contributed by atoms with E-state index in [1.54, 1.807) is 30.3 Å². The lowest BCUT2D eigenvalue weighted by Gasteiger charge is -2.31. The topological polar surface area (TPSA) is 74.6 Å². The van der Waals surface area contributed by atoms with Gasteiger partial charge in [0.05, 0.1) is 17.5 Å². The molecule has 0 bridgehead atoms. The maximum Gasteiger partial charge on any atom is 0.255 e. The number of carbonyl (C=O) groups is 2. The van der Waals surface area contributed by atoms with Crippen molar-refractivity contribution in [2.45, 2.75) is 38.1 Å². The van der Waals surface area contributed by atoms with Crippen molar-refractivity contribution in [2.75, 3.05) is 12.4 Å². The van der Waals surface area contributed by atoms with Crippen molar-refractivity contribution in [3.63, 3.8) is 0 Å². The van der Waals surface area contributed by atoms with Crippen LogP contribution in [0.25, 0.3) is 6.08 Å². The number of furan rings is 1. The van der Waals surface area contributed by atoms with Gasteiger partial charge in [0, 0.05) is 19.2 Å². The predicted molar refractivity (Wildman–Crippen MR) is 118 cm³/mol. The maximum atomic E-state index is 13.0. The number of rotatable bonds is 5. The van der Waals surface area contributed by atoms with E-state index in [9.17, 15) is 9.59 Å². The quantitative estimate of drug-likeness (QED) is 0.569. The van der Waals surface area contributed by atoms with E-state index < -0.39 is 0 Å². The molecule has 7 heteroatoms. The molecule has 0 saturated heterocycles. The number of anilines is 1. The van der Waals surface area contributed by atoms with Crippen molar-refractivity contribution in [1.29, 1.82) is 0 Å². The molecule has 0 spiro atoms. The second kappa shape index (κ2) is 10.0. The van der Waals surface area contributed by atoms with Gasteiger partial charge in [0.2, 0.25) is 5.91 Å². The highest BCUT2D eigenvalue weighted by molar-refractivity contribution is 7.80. The molecular formula is C22H25N3O3S. The van der Waals surface area contributed by atoms with Gasteiger partial charge in [-0.15, -0.1) is 0 Å². The Hall–Kier alpha value is -2.93. The number of hydrogen-bond donors (Lipinski definition) is 2. The number of amides is 2. The SMILES string of the molecule is CN(C(=O)c1ccccc1NC(=S)NC(=O)C=Cc1ccco1)C1CCCCC1. The molecule has 3 rings (SSSR count). The fourth-order valence-corrected chi connectivity index (χ4v) is 3.66. The first kappa shape index (κ1) is 20.8. The Kier molecular flexibility index (Phi) is 7.19. The van der Waals surface area contributed by atoms with Crippen LogP contribution < -0.4 is 10.6 Å². The summed E-state index contributed by atoms with van der Waals surface area (Å²) in [6.45, 7) is 0. The Morgan fingerprint density at radius 3 is 2.62 bits per heavy atom. The summed E-state index contributed by atoms with van der Waals surface area (Å²) in [5.41, 5.74) is 1.10. The molecule has 1 saturated carbocycles. The normalized spacial score (nSPS) is 14.5. The molecule has 0 radical (unpaired) electrons. The molecule has 1 fully saturated rings. The third-order valence-corrected chi connectivity index (χ3v) is 5.23. The summed E-state index contributed by atoms with van der Waals surface area (Å²) < 4.78 is 5.14. The van der Waals surface area contributed by atoms with Gasteiger partial charge in [0.1, 0.15) is 5.76 Å². The Labute approximate surface area is 176 Å². The van der Waals surface area contributed by atoms with E-state index in [1.807, 2.05) is 24.1 Å². The van der Waals surface area contributed by atoms with Gasteiger partial charge in [-0.1, -0.05) is 31.4 Å². The fraction of sp³-hybridized carbons (Fsp3) is 0.318. The lowest BCUT2D eigenvalue weighted by Crippen LogP contribution is -2.39. The average Bonchev–Trinajstić information content (AvgIpc) is 3.26. The minimum Gasteiger partial charge on any atom is -0.465 e. The van der Waals surface area contributed by atoms with E-state index in [-0.39, 0.29) is 23.0 Å². The highest BCUT2D eigenvalue weighted by Crippen LogP contribution is 2.25. The van der Waals surface area contributed by atoms with Crippen molar-refractivity contribution in [2.24, 2.45) is 0 Å². The summed E-state index contributed by atoms with van der Waals surface area (Å²) in [5.74, 6) is 0.134.